The van der Waals surface area contributed by atoms with E-state index in [4.69, 9.17) is 0 Å². The Balaban J connectivity index is 1.98. The molecule has 2 aromatic rings. The van der Waals surface area contributed by atoms with Crippen LogP contribution >= 0.6 is 23.1 Å². The Morgan fingerprint density at radius 3 is 2.63 bits per heavy atom. The van der Waals surface area contributed by atoms with Crippen LogP contribution in [0.1, 0.15) is 37.6 Å². The highest BCUT2D eigenvalue weighted by atomic mass is 32.2. The van der Waals surface area contributed by atoms with Crippen molar-refractivity contribution in [2.45, 2.75) is 42.5 Å². The van der Waals surface area contributed by atoms with Gasteiger partial charge in [-0.15, -0.1) is 11.3 Å². The number of nitrogens with zero attached hydrogens (tertiary/aromatic N) is 1. The summed E-state index contributed by atoms with van der Waals surface area (Å²) in [6.07, 6.45) is 1.17. The van der Waals surface area contributed by atoms with Gasteiger partial charge in [0.05, 0.1) is 0 Å². The lowest BCUT2D eigenvalue weighted by molar-refractivity contribution is 0.570. The molecular formula is C15H20N2S2. The third-order valence-corrected chi connectivity index (χ3v) is 4.95. The standard InChI is InChI=1S/C15H20N2S2/c1-4-9-16-12(3)13-5-7-14(8-6-13)19-15-17-11(2)10-18-15/h5-8,10,12,16H,4,9H2,1-3H3. The second-order valence-electron chi connectivity index (χ2n) is 4.60. The van der Waals surface area contributed by atoms with E-state index in [1.807, 2.05) is 6.92 Å². The molecule has 2 rings (SSSR count). The summed E-state index contributed by atoms with van der Waals surface area (Å²) in [6.45, 7) is 7.50. The SMILES string of the molecule is CCCNC(C)c1ccc(Sc2nc(C)cs2)cc1. The Kier molecular flexibility index (Phi) is 5.43. The molecule has 19 heavy (non-hydrogen) atoms. The molecule has 0 aliphatic rings. The highest BCUT2D eigenvalue weighted by molar-refractivity contribution is 8.01. The zero-order chi connectivity index (χ0) is 13.7. The minimum atomic E-state index is 0.418. The molecule has 0 amide bonds. The first-order valence-electron chi connectivity index (χ1n) is 6.62. The smallest absolute Gasteiger partial charge is 0.154 e. The van der Waals surface area contributed by atoms with Crippen molar-refractivity contribution in [3.8, 4) is 0 Å². The van der Waals surface area contributed by atoms with Gasteiger partial charge in [0.25, 0.3) is 0 Å². The fourth-order valence-corrected chi connectivity index (χ4v) is 3.59. The van der Waals surface area contributed by atoms with Gasteiger partial charge < -0.3 is 5.32 Å². The van der Waals surface area contributed by atoms with Crippen molar-refractivity contribution in [2.24, 2.45) is 0 Å². The summed E-state index contributed by atoms with van der Waals surface area (Å²) < 4.78 is 1.11. The third-order valence-electron chi connectivity index (χ3n) is 2.88. The van der Waals surface area contributed by atoms with E-state index in [1.165, 1.54) is 16.9 Å². The topological polar surface area (TPSA) is 24.9 Å². The molecule has 4 heteroatoms. The molecule has 1 aromatic carbocycles. The van der Waals surface area contributed by atoms with Gasteiger partial charge in [0, 0.05) is 22.0 Å². The second kappa shape index (κ2) is 7.08. The fourth-order valence-electron chi connectivity index (χ4n) is 1.78. The van der Waals surface area contributed by atoms with E-state index in [9.17, 15) is 0 Å². The van der Waals surface area contributed by atoms with Gasteiger partial charge in [-0.05, 0) is 44.5 Å². The monoisotopic (exact) mass is 292 g/mol. The number of thiazole rings is 1. The number of rotatable bonds is 6. The van der Waals surface area contributed by atoms with Crippen molar-refractivity contribution >= 4 is 23.1 Å². The Bertz CT molecular complexity index is 505. The minimum absolute atomic E-state index is 0.418. The van der Waals surface area contributed by atoms with Crippen LogP contribution in [0.15, 0.2) is 38.9 Å². The molecular weight excluding hydrogens is 272 g/mol. The molecule has 0 aliphatic heterocycles. The van der Waals surface area contributed by atoms with Crippen molar-refractivity contribution in [3.63, 3.8) is 0 Å². The molecule has 1 heterocycles. The van der Waals surface area contributed by atoms with E-state index >= 15 is 0 Å². The molecule has 102 valence electrons. The van der Waals surface area contributed by atoms with Gasteiger partial charge in [-0.25, -0.2) is 4.98 Å². The molecule has 1 unspecified atom stereocenters. The van der Waals surface area contributed by atoms with Crippen LogP contribution in [0.5, 0.6) is 0 Å². The quantitative estimate of drug-likeness (QED) is 0.838. The van der Waals surface area contributed by atoms with Crippen molar-refractivity contribution in [1.82, 2.24) is 10.3 Å². The summed E-state index contributed by atoms with van der Waals surface area (Å²) in [5, 5.41) is 5.59. The summed E-state index contributed by atoms with van der Waals surface area (Å²) >= 11 is 3.44. The van der Waals surface area contributed by atoms with Gasteiger partial charge in [0.1, 0.15) is 0 Å². The summed E-state index contributed by atoms with van der Waals surface area (Å²) in [5.74, 6) is 0. The van der Waals surface area contributed by atoms with Gasteiger partial charge in [-0.1, -0.05) is 30.8 Å². The number of aryl methyl sites for hydroxylation is 1. The molecule has 0 radical (unpaired) electrons. The maximum Gasteiger partial charge on any atom is 0.154 e. The summed E-state index contributed by atoms with van der Waals surface area (Å²) in [7, 11) is 0. The second-order valence-corrected chi connectivity index (χ2v) is 6.78. The molecule has 1 aromatic heterocycles. The van der Waals surface area contributed by atoms with Gasteiger partial charge >= 0.3 is 0 Å². The van der Waals surface area contributed by atoms with Crippen LogP contribution in [0.3, 0.4) is 0 Å². The van der Waals surface area contributed by atoms with Gasteiger partial charge in [0.15, 0.2) is 4.34 Å². The van der Waals surface area contributed by atoms with Gasteiger partial charge in [0.2, 0.25) is 0 Å². The molecule has 0 aliphatic carbocycles. The summed E-state index contributed by atoms with van der Waals surface area (Å²) in [6, 6.07) is 9.19. The van der Waals surface area contributed by atoms with Crippen LogP contribution < -0.4 is 5.32 Å². The number of hydrogen-bond acceptors (Lipinski definition) is 4. The number of nitrogens with one attached hydrogen (secondary N) is 1. The number of aromatic nitrogens is 1. The largest absolute Gasteiger partial charge is 0.310 e. The van der Waals surface area contributed by atoms with E-state index in [1.54, 1.807) is 23.1 Å². The van der Waals surface area contributed by atoms with Gasteiger partial charge in [-0.2, -0.15) is 0 Å². The van der Waals surface area contributed by atoms with Crippen molar-refractivity contribution in [3.05, 3.63) is 40.9 Å². The zero-order valence-corrected chi connectivity index (χ0v) is 13.3. The van der Waals surface area contributed by atoms with Crippen molar-refractivity contribution in [1.29, 1.82) is 0 Å². The first-order chi connectivity index (χ1) is 9.19. The Morgan fingerprint density at radius 2 is 2.05 bits per heavy atom. The average Bonchev–Trinajstić information content (AvgIpc) is 2.82. The number of hydrogen-bond donors (Lipinski definition) is 1. The molecule has 0 fully saturated rings. The van der Waals surface area contributed by atoms with E-state index in [2.05, 4.69) is 53.8 Å². The lowest BCUT2D eigenvalue weighted by Crippen LogP contribution is -2.19. The maximum atomic E-state index is 4.47. The molecule has 0 spiro atoms. The lowest BCUT2D eigenvalue weighted by Gasteiger charge is -2.13. The Hall–Kier alpha value is -0.840. The third kappa shape index (κ3) is 4.34. The summed E-state index contributed by atoms with van der Waals surface area (Å²) in [5.41, 5.74) is 2.44. The molecule has 0 saturated carbocycles. The first kappa shape index (κ1) is 14.6. The molecule has 1 N–H and O–H groups in total. The minimum Gasteiger partial charge on any atom is -0.310 e. The number of benzene rings is 1. The predicted molar refractivity (Wildman–Crippen MR) is 84.1 cm³/mol. The predicted octanol–water partition coefficient (Wildman–Crippen LogP) is 4.66. The van der Waals surface area contributed by atoms with Crippen LogP contribution in [0.25, 0.3) is 0 Å². The van der Waals surface area contributed by atoms with Crippen LogP contribution in [-0.4, -0.2) is 11.5 Å². The highest BCUT2D eigenvalue weighted by Gasteiger charge is 2.05. The summed E-state index contributed by atoms with van der Waals surface area (Å²) in [4.78, 5) is 5.72. The zero-order valence-electron chi connectivity index (χ0n) is 11.6. The van der Waals surface area contributed by atoms with Crippen LogP contribution in [0.2, 0.25) is 0 Å². The van der Waals surface area contributed by atoms with Crippen molar-refractivity contribution < 1.29 is 0 Å². The van der Waals surface area contributed by atoms with E-state index in [-0.39, 0.29) is 0 Å². The maximum absolute atomic E-state index is 4.47. The van der Waals surface area contributed by atoms with E-state index < -0.39 is 0 Å². The van der Waals surface area contributed by atoms with E-state index in [0.717, 1.165) is 16.6 Å². The normalized spacial score (nSPS) is 12.6. The molecule has 0 bridgehead atoms. The first-order valence-corrected chi connectivity index (χ1v) is 8.32. The highest BCUT2D eigenvalue weighted by Crippen LogP contribution is 2.30. The molecule has 1 atom stereocenters. The van der Waals surface area contributed by atoms with E-state index in [0.29, 0.717) is 6.04 Å². The lowest BCUT2D eigenvalue weighted by atomic mass is 10.1. The van der Waals surface area contributed by atoms with Crippen LogP contribution in [0.4, 0.5) is 0 Å². The van der Waals surface area contributed by atoms with Crippen LogP contribution in [0, 0.1) is 6.92 Å². The Labute approximate surface area is 123 Å². The van der Waals surface area contributed by atoms with Crippen molar-refractivity contribution in [2.75, 3.05) is 6.54 Å². The van der Waals surface area contributed by atoms with Crippen LogP contribution in [-0.2, 0) is 0 Å². The Morgan fingerprint density at radius 1 is 1.32 bits per heavy atom. The van der Waals surface area contributed by atoms with Gasteiger partial charge in [-0.3, -0.25) is 0 Å². The fraction of sp³-hybridized carbons (Fsp3) is 0.400. The molecule has 2 nitrogen and oxygen atoms in total. The average molecular weight is 292 g/mol. The molecule has 0 saturated heterocycles.